The van der Waals surface area contributed by atoms with E-state index in [-0.39, 0.29) is 18.3 Å². The molecule has 0 aliphatic rings. The van der Waals surface area contributed by atoms with Crippen LogP contribution in [0.2, 0.25) is 0 Å². The van der Waals surface area contributed by atoms with Crippen LogP contribution in [0.15, 0.2) is 0 Å². The molecule has 9 heavy (non-hydrogen) atoms. The molecule has 0 aromatic carbocycles. The van der Waals surface area contributed by atoms with E-state index in [1.54, 1.807) is 0 Å². The second kappa shape index (κ2) is 4.58. The molecule has 0 aliphatic carbocycles. The summed E-state index contributed by atoms with van der Waals surface area (Å²) in [5.74, 6) is -0.000494. The Labute approximate surface area is 59.0 Å². The number of aliphatic hydroxyl groups is 1. The van der Waals surface area contributed by atoms with Crippen molar-refractivity contribution in [3.05, 3.63) is 0 Å². The molecule has 2 N–H and O–H groups in total. The second-order valence-corrected chi connectivity index (χ2v) is 2.05. The highest BCUT2D eigenvalue weighted by Crippen LogP contribution is 1.83. The smallest absolute Gasteiger partial charge is 0.216 e. The minimum Gasteiger partial charge on any atom is -0.390 e. The molecule has 1 amide bonds. The third-order valence-electron chi connectivity index (χ3n) is 0.765. The third kappa shape index (κ3) is 5.59. The van der Waals surface area contributed by atoms with Gasteiger partial charge in [0.1, 0.15) is 0 Å². The van der Waals surface area contributed by atoms with E-state index in [9.17, 15) is 4.79 Å². The van der Waals surface area contributed by atoms with Crippen molar-refractivity contribution in [2.45, 2.75) is 13.0 Å². The predicted octanol–water partition coefficient (Wildman–Crippen LogP) is -0.278. The van der Waals surface area contributed by atoms with Gasteiger partial charge < -0.3 is 10.4 Å². The van der Waals surface area contributed by atoms with E-state index in [0.717, 1.165) is 0 Å². The zero-order chi connectivity index (χ0) is 7.28. The summed E-state index contributed by atoms with van der Waals surface area (Å²) >= 11 is 5.23. The molecule has 0 heterocycles. The van der Waals surface area contributed by atoms with Crippen molar-refractivity contribution in [3.8, 4) is 0 Å². The summed E-state index contributed by atoms with van der Waals surface area (Å²) in [6.07, 6.45) is -0.629. The van der Waals surface area contributed by atoms with Crippen LogP contribution < -0.4 is 5.32 Å². The molecule has 0 rings (SSSR count). The number of alkyl halides is 1. The number of nitrogens with one attached hydrogen (secondary N) is 1. The molecule has 1 atom stereocenters. The highest BCUT2D eigenvalue weighted by atomic mass is 35.5. The molecule has 3 nitrogen and oxygen atoms in total. The molecule has 0 aliphatic heterocycles. The lowest BCUT2D eigenvalue weighted by atomic mass is 10.4. The van der Waals surface area contributed by atoms with Crippen molar-refractivity contribution >= 4 is 17.5 Å². The molecule has 0 fully saturated rings. The van der Waals surface area contributed by atoms with Gasteiger partial charge in [0, 0.05) is 13.5 Å². The minimum atomic E-state index is -0.629. The SMILES string of the molecule is CC(=O)NC[C@H](O)CCl. The maximum Gasteiger partial charge on any atom is 0.216 e. The molecule has 0 bridgehead atoms. The Morgan fingerprint density at radius 3 is 2.78 bits per heavy atom. The van der Waals surface area contributed by atoms with E-state index in [2.05, 4.69) is 5.32 Å². The van der Waals surface area contributed by atoms with Gasteiger partial charge in [-0.2, -0.15) is 0 Å². The number of aliphatic hydroxyl groups excluding tert-OH is 1. The van der Waals surface area contributed by atoms with Crippen LogP contribution in [0.3, 0.4) is 0 Å². The summed E-state index contributed by atoms with van der Waals surface area (Å²) in [6, 6.07) is 0. The topological polar surface area (TPSA) is 49.3 Å². The van der Waals surface area contributed by atoms with Crippen LogP contribution in [-0.2, 0) is 4.79 Å². The van der Waals surface area contributed by atoms with E-state index < -0.39 is 6.10 Å². The van der Waals surface area contributed by atoms with Crippen LogP contribution in [0.4, 0.5) is 0 Å². The number of carbonyl (C=O) groups is 1. The van der Waals surface area contributed by atoms with Gasteiger partial charge in [0.2, 0.25) is 5.91 Å². The Hall–Kier alpha value is -0.280. The Morgan fingerprint density at radius 1 is 1.89 bits per heavy atom. The van der Waals surface area contributed by atoms with Gasteiger partial charge in [-0.05, 0) is 0 Å². The molecule has 0 saturated carbocycles. The van der Waals surface area contributed by atoms with Crippen molar-refractivity contribution in [1.82, 2.24) is 5.32 Å². The maximum absolute atomic E-state index is 10.2. The van der Waals surface area contributed by atoms with Crippen LogP contribution in [0.25, 0.3) is 0 Å². The average molecular weight is 152 g/mol. The van der Waals surface area contributed by atoms with Crippen LogP contribution >= 0.6 is 11.6 Å². The minimum absolute atomic E-state index is 0.153. The lowest BCUT2D eigenvalue weighted by molar-refractivity contribution is -0.119. The maximum atomic E-state index is 10.2. The summed E-state index contributed by atoms with van der Waals surface area (Å²) in [5, 5.41) is 11.2. The van der Waals surface area contributed by atoms with Gasteiger partial charge >= 0.3 is 0 Å². The number of amides is 1. The standard InChI is InChI=1S/C5H10ClNO2/c1-4(8)7-3-5(9)2-6/h5,9H,2-3H2,1H3,(H,7,8)/t5-/m1/s1. The number of halogens is 1. The molecule has 0 aromatic rings. The molecule has 0 spiro atoms. The van der Waals surface area contributed by atoms with Crippen molar-refractivity contribution in [1.29, 1.82) is 0 Å². The Balaban J connectivity index is 3.16. The second-order valence-electron chi connectivity index (χ2n) is 1.75. The van der Waals surface area contributed by atoms with Gasteiger partial charge in [0.05, 0.1) is 12.0 Å². The molecule has 0 saturated heterocycles. The molecule has 54 valence electrons. The monoisotopic (exact) mass is 151 g/mol. The van der Waals surface area contributed by atoms with Crippen molar-refractivity contribution in [2.75, 3.05) is 12.4 Å². The van der Waals surface area contributed by atoms with Gasteiger partial charge in [-0.25, -0.2) is 0 Å². The zero-order valence-electron chi connectivity index (χ0n) is 5.22. The van der Waals surface area contributed by atoms with E-state index in [1.165, 1.54) is 6.92 Å². The first kappa shape index (κ1) is 8.72. The van der Waals surface area contributed by atoms with Crippen LogP contribution in [0, 0.1) is 0 Å². The van der Waals surface area contributed by atoms with Gasteiger partial charge in [0.25, 0.3) is 0 Å². The highest BCUT2D eigenvalue weighted by molar-refractivity contribution is 6.18. The molecule has 4 heteroatoms. The number of hydrogen-bond acceptors (Lipinski definition) is 2. The van der Waals surface area contributed by atoms with E-state index in [1.807, 2.05) is 0 Å². The normalized spacial score (nSPS) is 12.8. The van der Waals surface area contributed by atoms with Gasteiger partial charge in [-0.3, -0.25) is 4.79 Å². The molecule has 0 unspecified atom stereocenters. The van der Waals surface area contributed by atoms with Crippen molar-refractivity contribution < 1.29 is 9.90 Å². The Bertz CT molecular complexity index is 97.0. The fourth-order valence-electron chi connectivity index (χ4n) is 0.316. The highest BCUT2D eigenvalue weighted by Gasteiger charge is 2.00. The number of rotatable bonds is 3. The van der Waals surface area contributed by atoms with Crippen molar-refractivity contribution in [2.24, 2.45) is 0 Å². The molecular weight excluding hydrogens is 142 g/mol. The van der Waals surface area contributed by atoms with E-state index >= 15 is 0 Å². The first-order chi connectivity index (χ1) is 4.16. The lowest BCUT2D eigenvalue weighted by Gasteiger charge is -2.05. The lowest BCUT2D eigenvalue weighted by Crippen LogP contribution is -2.31. The van der Waals surface area contributed by atoms with Gasteiger partial charge in [-0.1, -0.05) is 0 Å². The van der Waals surface area contributed by atoms with E-state index in [4.69, 9.17) is 16.7 Å². The fourth-order valence-corrected chi connectivity index (χ4v) is 0.425. The van der Waals surface area contributed by atoms with Crippen LogP contribution in [-0.4, -0.2) is 29.5 Å². The molecule has 0 radical (unpaired) electrons. The summed E-state index contributed by atoms with van der Waals surface area (Å²) in [7, 11) is 0. The summed E-state index contributed by atoms with van der Waals surface area (Å²) < 4.78 is 0. The largest absolute Gasteiger partial charge is 0.390 e. The van der Waals surface area contributed by atoms with E-state index in [0.29, 0.717) is 0 Å². The molecule has 0 aromatic heterocycles. The van der Waals surface area contributed by atoms with Gasteiger partial charge in [0.15, 0.2) is 0 Å². The number of carbonyl (C=O) groups excluding carboxylic acids is 1. The summed E-state index contributed by atoms with van der Waals surface area (Å²) in [4.78, 5) is 10.2. The Morgan fingerprint density at radius 2 is 2.44 bits per heavy atom. The third-order valence-corrected chi connectivity index (χ3v) is 1.12. The predicted molar refractivity (Wildman–Crippen MR) is 35.4 cm³/mol. The van der Waals surface area contributed by atoms with Crippen LogP contribution in [0.5, 0.6) is 0 Å². The first-order valence-electron chi connectivity index (χ1n) is 2.65. The summed E-state index contributed by atoms with van der Waals surface area (Å²) in [6.45, 7) is 1.62. The van der Waals surface area contributed by atoms with Crippen LogP contribution in [0.1, 0.15) is 6.92 Å². The Kier molecular flexibility index (Phi) is 4.44. The summed E-state index contributed by atoms with van der Waals surface area (Å²) in [5.41, 5.74) is 0. The number of hydrogen-bond donors (Lipinski definition) is 2. The van der Waals surface area contributed by atoms with Gasteiger partial charge in [-0.15, -0.1) is 11.6 Å². The fraction of sp³-hybridized carbons (Fsp3) is 0.800. The average Bonchev–Trinajstić information content (AvgIpc) is 1.83. The van der Waals surface area contributed by atoms with Crippen molar-refractivity contribution in [3.63, 3.8) is 0 Å². The zero-order valence-corrected chi connectivity index (χ0v) is 5.98. The quantitative estimate of drug-likeness (QED) is 0.546. The molecular formula is C5H10ClNO2. The first-order valence-corrected chi connectivity index (χ1v) is 3.18.